The number of sulfonamides is 1. The SMILES string of the molecule is CCNCc1cc(F)c(C)c(S(=O)(=O)NC(C)CSC)c1. The zero-order valence-electron chi connectivity index (χ0n) is 12.9. The Morgan fingerprint density at radius 3 is 2.62 bits per heavy atom. The third kappa shape index (κ3) is 5.25. The molecule has 1 unspecified atom stereocenters. The molecule has 0 saturated heterocycles. The molecule has 0 fully saturated rings. The molecule has 0 radical (unpaired) electrons. The summed E-state index contributed by atoms with van der Waals surface area (Å²) in [5, 5.41) is 3.07. The maximum Gasteiger partial charge on any atom is 0.241 e. The topological polar surface area (TPSA) is 58.2 Å². The number of nitrogens with one attached hydrogen (secondary N) is 2. The van der Waals surface area contributed by atoms with Gasteiger partial charge in [0.25, 0.3) is 0 Å². The molecule has 0 saturated carbocycles. The van der Waals surface area contributed by atoms with Crippen LogP contribution in [0.2, 0.25) is 0 Å². The fraction of sp³-hybridized carbons (Fsp3) is 0.571. The first kappa shape index (κ1) is 18.4. The molecule has 1 atom stereocenters. The van der Waals surface area contributed by atoms with Crippen LogP contribution in [0.1, 0.15) is 25.0 Å². The van der Waals surface area contributed by atoms with Crippen LogP contribution in [-0.2, 0) is 16.6 Å². The van der Waals surface area contributed by atoms with Crippen LogP contribution in [0.4, 0.5) is 4.39 Å². The number of hydrogen-bond donors (Lipinski definition) is 2. The molecule has 4 nitrogen and oxygen atoms in total. The molecule has 1 aromatic rings. The van der Waals surface area contributed by atoms with Gasteiger partial charge < -0.3 is 5.32 Å². The fourth-order valence-electron chi connectivity index (χ4n) is 1.97. The Bertz CT molecular complexity index is 577. The van der Waals surface area contributed by atoms with Crippen LogP contribution in [-0.4, -0.2) is 33.0 Å². The predicted octanol–water partition coefficient (Wildman–Crippen LogP) is 2.27. The van der Waals surface area contributed by atoms with Crippen molar-refractivity contribution < 1.29 is 12.8 Å². The van der Waals surface area contributed by atoms with Crippen molar-refractivity contribution in [2.45, 2.75) is 38.3 Å². The van der Waals surface area contributed by atoms with Crippen molar-refractivity contribution in [3.63, 3.8) is 0 Å². The molecule has 2 N–H and O–H groups in total. The van der Waals surface area contributed by atoms with Gasteiger partial charge in [-0.05, 0) is 44.3 Å². The summed E-state index contributed by atoms with van der Waals surface area (Å²) >= 11 is 1.56. The minimum absolute atomic E-state index is 0.0170. The highest BCUT2D eigenvalue weighted by molar-refractivity contribution is 7.98. The average molecular weight is 334 g/mol. The summed E-state index contributed by atoms with van der Waals surface area (Å²) in [7, 11) is -3.71. The Labute approximate surface area is 131 Å². The van der Waals surface area contributed by atoms with E-state index in [2.05, 4.69) is 10.0 Å². The van der Waals surface area contributed by atoms with Gasteiger partial charge in [0, 0.05) is 23.9 Å². The van der Waals surface area contributed by atoms with E-state index in [1.54, 1.807) is 18.7 Å². The summed E-state index contributed by atoms with van der Waals surface area (Å²) in [6.07, 6.45) is 1.91. The van der Waals surface area contributed by atoms with Gasteiger partial charge in [0.1, 0.15) is 5.82 Å². The van der Waals surface area contributed by atoms with E-state index in [0.717, 1.165) is 6.54 Å². The van der Waals surface area contributed by atoms with Crippen LogP contribution in [0.25, 0.3) is 0 Å². The van der Waals surface area contributed by atoms with Crippen LogP contribution in [0, 0.1) is 12.7 Å². The number of halogens is 1. The van der Waals surface area contributed by atoms with Gasteiger partial charge in [-0.15, -0.1) is 0 Å². The minimum Gasteiger partial charge on any atom is -0.313 e. The van der Waals surface area contributed by atoms with E-state index in [1.165, 1.54) is 19.1 Å². The highest BCUT2D eigenvalue weighted by Gasteiger charge is 2.22. The molecule has 0 heterocycles. The number of benzene rings is 1. The van der Waals surface area contributed by atoms with Gasteiger partial charge in [0.2, 0.25) is 10.0 Å². The highest BCUT2D eigenvalue weighted by atomic mass is 32.2. The quantitative estimate of drug-likeness (QED) is 0.766. The third-order valence-corrected chi connectivity index (χ3v) is 5.55. The van der Waals surface area contributed by atoms with E-state index in [0.29, 0.717) is 17.9 Å². The van der Waals surface area contributed by atoms with E-state index in [1.807, 2.05) is 13.2 Å². The van der Waals surface area contributed by atoms with Crippen molar-refractivity contribution >= 4 is 21.8 Å². The standard InChI is InChI=1S/C14H23FN2O2S2/c1-5-16-8-12-6-13(15)11(3)14(7-12)21(18,19)17-10(2)9-20-4/h6-7,10,16-17H,5,8-9H2,1-4H3. The summed E-state index contributed by atoms with van der Waals surface area (Å²) in [6, 6.07) is 2.71. The van der Waals surface area contributed by atoms with Crippen molar-refractivity contribution in [1.82, 2.24) is 10.0 Å². The fourth-order valence-corrected chi connectivity index (χ4v) is 4.21. The number of rotatable bonds is 8. The van der Waals surface area contributed by atoms with E-state index >= 15 is 0 Å². The molecule has 21 heavy (non-hydrogen) atoms. The summed E-state index contributed by atoms with van der Waals surface area (Å²) in [5.41, 5.74) is 0.775. The third-order valence-electron chi connectivity index (χ3n) is 3.00. The van der Waals surface area contributed by atoms with E-state index < -0.39 is 15.8 Å². The van der Waals surface area contributed by atoms with Crippen molar-refractivity contribution in [3.8, 4) is 0 Å². The summed E-state index contributed by atoms with van der Waals surface area (Å²) in [4.78, 5) is 0.0170. The van der Waals surface area contributed by atoms with Gasteiger partial charge in [0.15, 0.2) is 0 Å². The van der Waals surface area contributed by atoms with Crippen molar-refractivity contribution in [1.29, 1.82) is 0 Å². The second-order valence-electron chi connectivity index (χ2n) is 4.96. The predicted molar refractivity (Wildman–Crippen MR) is 86.7 cm³/mol. The zero-order chi connectivity index (χ0) is 16.0. The van der Waals surface area contributed by atoms with Crippen LogP contribution in [0.15, 0.2) is 17.0 Å². The van der Waals surface area contributed by atoms with Crippen molar-refractivity contribution in [3.05, 3.63) is 29.1 Å². The average Bonchev–Trinajstić information content (AvgIpc) is 2.39. The molecule has 0 aromatic heterocycles. The molecule has 0 aliphatic heterocycles. The highest BCUT2D eigenvalue weighted by Crippen LogP contribution is 2.21. The lowest BCUT2D eigenvalue weighted by molar-refractivity contribution is 0.564. The Kier molecular flexibility index (Phi) is 7.12. The van der Waals surface area contributed by atoms with Gasteiger partial charge in [-0.25, -0.2) is 17.5 Å². The van der Waals surface area contributed by atoms with E-state index in [-0.39, 0.29) is 16.5 Å². The molecule has 1 rings (SSSR count). The Morgan fingerprint density at radius 2 is 2.05 bits per heavy atom. The lowest BCUT2D eigenvalue weighted by atomic mass is 10.1. The first-order valence-corrected chi connectivity index (χ1v) is 9.70. The Morgan fingerprint density at radius 1 is 1.38 bits per heavy atom. The molecule has 0 aliphatic rings. The van der Waals surface area contributed by atoms with Crippen molar-refractivity contribution in [2.75, 3.05) is 18.6 Å². The molecule has 0 spiro atoms. The molecule has 1 aromatic carbocycles. The molecule has 7 heteroatoms. The van der Waals surface area contributed by atoms with Crippen LogP contribution >= 0.6 is 11.8 Å². The molecular weight excluding hydrogens is 311 g/mol. The smallest absolute Gasteiger partial charge is 0.241 e. The second-order valence-corrected chi connectivity index (χ2v) is 7.55. The maximum absolute atomic E-state index is 14.0. The zero-order valence-corrected chi connectivity index (χ0v) is 14.5. The monoisotopic (exact) mass is 334 g/mol. The van der Waals surface area contributed by atoms with Gasteiger partial charge in [-0.2, -0.15) is 11.8 Å². The normalized spacial score (nSPS) is 13.4. The number of hydrogen-bond acceptors (Lipinski definition) is 4. The lowest BCUT2D eigenvalue weighted by Crippen LogP contribution is -2.34. The molecule has 120 valence electrons. The Balaban J connectivity index is 3.12. The Hall–Kier alpha value is -0.630. The van der Waals surface area contributed by atoms with E-state index in [9.17, 15) is 12.8 Å². The maximum atomic E-state index is 14.0. The first-order valence-electron chi connectivity index (χ1n) is 6.82. The minimum atomic E-state index is -3.71. The van der Waals surface area contributed by atoms with Crippen molar-refractivity contribution in [2.24, 2.45) is 0 Å². The van der Waals surface area contributed by atoms with Gasteiger partial charge in [-0.3, -0.25) is 0 Å². The first-order chi connectivity index (χ1) is 9.81. The molecule has 0 bridgehead atoms. The largest absolute Gasteiger partial charge is 0.313 e. The van der Waals surface area contributed by atoms with Gasteiger partial charge in [-0.1, -0.05) is 6.92 Å². The van der Waals surface area contributed by atoms with Crippen LogP contribution in [0.3, 0.4) is 0 Å². The van der Waals surface area contributed by atoms with Gasteiger partial charge >= 0.3 is 0 Å². The summed E-state index contributed by atoms with van der Waals surface area (Å²) < 4.78 is 41.4. The van der Waals surface area contributed by atoms with Gasteiger partial charge in [0.05, 0.1) is 4.90 Å². The second kappa shape index (κ2) is 8.12. The molecule has 0 amide bonds. The summed E-state index contributed by atoms with van der Waals surface area (Å²) in [5.74, 6) is 0.168. The van der Waals surface area contributed by atoms with Crippen LogP contribution in [0.5, 0.6) is 0 Å². The molecular formula is C14H23FN2O2S2. The van der Waals surface area contributed by atoms with E-state index in [4.69, 9.17) is 0 Å². The molecule has 0 aliphatic carbocycles. The lowest BCUT2D eigenvalue weighted by Gasteiger charge is -2.16. The van der Waals surface area contributed by atoms with Crippen LogP contribution < -0.4 is 10.0 Å². The summed E-state index contributed by atoms with van der Waals surface area (Å²) in [6.45, 7) is 6.40. The number of thioether (sulfide) groups is 1.